The molecule has 0 saturated carbocycles. The Hall–Kier alpha value is -2.04. The third-order valence-corrected chi connectivity index (χ3v) is 2.36. The summed E-state index contributed by atoms with van der Waals surface area (Å²) in [6, 6.07) is 3.17. The van der Waals surface area contributed by atoms with Crippen molar-refractivity contribution in [2.24, 2.45) is 7.05 Å². The van der Waals surface area contributed by atoms with Crippen LogP contribution in [0.15, 0.2) is 16.5 Å². The highest BCUT2D eigenvalue weighted by atomic mass is 16.6. The second-order valence-electron chi connectivity index (χ2n) is 3.50. The van der Waals surface area contributed by atoms with Crippen molar-refractivity contribution in [2.75, 3.05) is 0 Å². The molecular weight excluding hydrogens is 208 g/mol. The van der Waals surface area contributed by atoms with Gasteiger partial charge in [-0.25, -0.2) is 0 Å². The van der Waals surface area contributed by atoms with Gasteiger partial charge in [-0.05, 0) is 19.9 Å². The Kier molecular flexibility index (Phi) is 2.52. The van der Waals surface area contributed by atoms with Crippen LogP contribution in [0.4, 0.5) is 0 Å². The zero-order valence-electron chi connectivity index (χ0n) is 9.35. The maximum atomic E-state index is 10.4. The van der Waals surface area contributed by atoms with E-state index < -0.39 is 0 Å². The molecule has 0 amide bonds. The minimum Gasteiger partial charge on any atom is -0.422 e. The van der Waals surface area contributed by atoms with Gasteiger partial charge in [-0.3, -0.25) is 9.48 Å². The Bertz CT molecular complexity index is 525. The summed E-state index contributed by atoms with van der Waals surface area (Å²) >= 11 is 0. The third-order valence-electron chi connectivity index (χ3n) is 2.36. The maximum absolute atomic E-state index is 10.4. The SMILES string of the molecule is Cc1nn(C)c(C)c1Oc1ccc(C=O)o1. The highest BCUT2D eigenvalue weighted by Crippen LogP contribution is 2.28. The van der Waals surface area contributed by atoms with Crippen LogP contribution in [0.3, 0.4) is 0 Å². The van der Waals surface area contributed by atoms with Gasteiger partial charge in [0.2, 0.25) is 0 Å². The maximum Gasteiger partial charge on any atom is 0.290 e. The van der Waals surface area contributed by atoms with Crippen LogP contribution in [0.2, 0.25) is 0 Å². The summed E-state index contributed by atoms with van der Waals surface area (Å²) in [6.45, 7) is 3.75. The molecule has 2 rings (SSSR count). The number of rotatable bonds is 3. The highest BCUT2D eigenvalue weighted by molar-refractivity contribution is 5.70. The van der Waals surface area contributed by atoms with Crippen molar-refractivity contribution in [3.63, 3.8) is 0 Å². The first-order chi connectivity index (χ1) is 7.61. The van der Waals surface area contributed by atoms with Gasteiger partial charge in [-0.2, -0.15) is 5.10 Å². The summed E-state index contributed by atoms with van der Waals surface area (Å²) in [5.41, 5.74) is 1.69. The Morgan fingerprint density at radius 3 is 2.69 bits per heavy atom. The van der Waals surface area contributed by atoms with E-state index in [2.05, 4.69) is 5.10 Å². The average Bonchev–Trinajstić information content (AvgIpc) is 2.80. The van der Waals surface area contributed by atoms with E-state index in [1.54, 1.807) is 16.8 Å². The fraction of sp³-hybridized carbons (Fsp3) is 0.273. The van der Waals surface area contributed by atoms with Gasteiger partial charge in [0, 0.05) is 13.1 Å². The number of carbonyl (C=O) groups is 1. The summed E-state index contributed by atoms with van der Waals surface area (Å²) in [5, 5.41) is 4.21. The smallest absolute Gasteiger partial charge is 0.290 e. The third kappa shape index (κ3) is 1.71. The molecule has 0 fully saturated rings. The van der Waals surface area contributed by atoms with Gasteiger partial charge in [0.05, 0.1) is 5.69 Å². The molecule has 0 aliphatic rings. The van der Waals surface area contributed by atoms with E-state index in [-0.39, 0.29) is 5.76 Å². The summed E-state index contributed by atoms with van der Waals surface area (Å²) in [7, 11) is 1.84. The van der Waals surface area contributed by atoms with Crippen LogP contribution in [0.1, 0.15) is 21.9 Å². The molecule has 84 valence electrons. The molecular formula is C11H12N2O3. The van der Waals surface area contributed by atoms with Gasteiger partial charge in [-0.1, -0.05) is 0 Å². The molecule has 16 heavy (non-hydrogen) atoms. The second-order valence-corrected chi connectivity index (χ2v) is 3.50. The van der Waals surface area contributed by atoms with Gasteiger partial charge < -0.3 is 9.15 Å². The second kappa shape index (κ2) is 3.84. The van der Waals surface area contributed by atoms with Crippen molar-refractivity contribution < 1.29 is 13.9 Å². The molecule has 0 bridgehead atoms. The molecule has 0 unspecified atom stereocenters. The number of hydrogen-bond acceptors (Lipinski definition) is 4. The lowest BCUT2D eigenvalue weighted by Gasteiger charge is -2.01. The Balaban J connectivity index is 2.29. The van der Waals surface area contributed by atoms with Crippen molar-refractivity contribution in [3.05, 3.63) is 29.3 Å². The molecule has 0 aromatic carbocycles. The molecule has 0 spiro atoms. The zero-order valence-corrected chi connectivity index (χ0v) is 9.35. The van der Waals surface area contributed by atoms with Gasteiger partial charge in [0.1, 0.15) is 5.69 Å². The molecule has 0 atom stereocenters. The van der Waals surface area contributed by atoms with Crippen LogP contribution in [-0.4, -0.2) is 16.1 Å². The van der Waals surface area contributed by atoms with Crippen molar-refractivity contribution in [2.45, 2.75) is 13.8 Å². The molecule has 2 aromatic heterocycles. The van der Waals surface area contributed by atoms with Crippen LogP contribution >= 0.6 is 0 Å². The number of ether oxygens (including phenoxy) is 1. The summed E-state index contributed by atoms with van der Waals surface area (Å²) in [4.78, 5) is 10.4. The standard InChI is InChI=1S/C11H12N2O3/c1-7-11(8(2)13(3)12-7)16-10-5-4-9(6-14)15-10/h4-6H,1-3H3. The van der Waals surface area contributed by atoms with Crippen LogP contribution in [0.5, 0.6) is 11.7 Å². The summed E-state index contributed by atoms with van der Waals surface area (Å²) in [5.74, 6) is 1.20. The zero-order chi connectivity index (χ0) is 11.7. The fourth-order valence-electron chi connectivity index (χ4n) is 1.46. The molecule has 2 aromatic rings. The number of aldehydes is 1. The Morgan fingerprint density at radius 1 is 1.44 bits per heavy atom. The van der Waals surface area contributed by atoms with E-state index in [4.69, 9.17) is 9.15 Å². The number of furan rings is 1. The molecule has 0 saturated heterocycles. The molecule has 0 radical (unpaired) electrons. The monoisotopic (exact) mass is 220 g/mol. The number of aryl methyl sites for hydroxylation is 2. The number of nitrogens with zero attached hydrogens (tertiary/aromatic N) is 2. The van der Waals surface area contributed by atoms with E-state index >= 15 is 0 Å². The highest BCUT2D eigenvalue weighted by Gasteiger charge is 2.13. The van der Waals surface area contributed by atoms with E-state index in [1.165, 1.54) is 0 Å². The molecule has 0 N–H and O–H groups in total. The van der Waals surface area contributed by atoms with Gasteiger partial charge in [-0.15, -0.1) is 0 Å². The predicted molar refractivity (Wildman–Crippen MR) is 56.9 cm³/mol. The minimum absolute atomic E-state index is 0.245. The van der Waals surface area contributed by atoms with E-state index in [0.717, 1.165) is 11.4 Å². The lowest BCUT2D eigenvalue weighted by molar-refractivity contribution is 0.109. The van der Waals surface area contributed by atoms with E-state index in [9.17, 15) is 4.79 Å². The summed E-state index contributed by atoms with van der Waals surface area (Å²) in [6.07, 6.45) is 0.635. The van der Waals surface area contributed by atoms with Crippen LogP contribution in [0, 0.1) is 13.8 Å². The van der Waals surface area contributed by atoms with Gasteiger partial charge in [0.15, 0.2) is 17.8 Å². The van der Waals surface area contributed by atoms with Crippen LogP contribution in [0.25, 0.3) is 0 Å². The van der Waals surface area contributed by atoms with Crippen molar-refractivity contribution in [1.82, 2.24) is 9.78 Å². The minimum atomic E-state index is 0.245. The Morgan fingerprint density at radius 2 is 2.19 bits per heavy atom. The molecule has 5 heteroatoms. The fourth-order valence-corrected chi connectivity index (χ4v) is 1.46. The van der Waals surface area contributed by atoms with E-state index in [1.807, 2.05) is 20.9 Å². The van der Waals surface area contributed by atoms with Crippen molar-refractivity contribution >= 4 is 6.29 Å². The number of aromatic nitrogens is 2. The lowest BCUT2D eigenvalue weighted by atomic mass is 10.3. The quantitative estimate of drug-likeness (QED) is 0.744. The van der Waals surface area contributed by atoms with Crippen molar-refractivity contribution in [3.8, 4) is 11.7 Å². The first-order valence-electron chi connectivity index (χ1n) is 4.85. The van der Waals surface area contributed by atoms with Crippen molar-refractivity contribution in [1.29, 1.82) is 0 Å². The average molecular weight is 220 g/mol. The topological polar surface area (TPSA) is 57.3 Å². The molecule has 5 nitrogen and oxygen atoms in total. The van der Waals surface area contributed by atoms with Gasteiger partial charge >= 0.3 is 0 Å². The summed E-state index contributed by atoms with van der Waals surface area (Å²) < 4.78 is 12.4. The first kappa shape index (κ1) is 10.5. The normalized spacial score (nSPS) is 10.4. The number of carbonyl (C=O) groups excluding carboxylic acids is 1. The van der Waals surface area contributed by atoms with E-state index in [0.29, 0.717) is 18.0 Å². The molecule has 2 heterocycles. The Labute approximate surface area is 92.6 Å². The molecule has 0 aliphatic heterocycles. The van der Waals surface area contributed by atoms with Gasteiger partial charge in [0.25, 0.3) is 5.95 Å². The first-order valence-corrected chi connectivity index (χ1v) is 4.85. The van der Waals surface area contributed by atoms with Crippen LogP contribution in [-0.2, 0) is 7.05 Å². The predicted octanol–water partition coefficient (Wildman–Crippen LogP) is 2.23. The largest absolute Gasteiger partial charge is 0.422 e. The number of hydrogen-bond donors (Lipinski definition) is 0. The van der Waals surface area contributed by atoms with Crippen LogP contribution < -0.4 is 4.74 Å². The lowest BCUT2D eigenvalue weighted by Crippen LogP contribution is -1.92. The molecule has 0 aliphatic carbocycles.